The number of nitrogens with one attached hydrogen (secondary N) is 1. The van der Waals surface area contributed by atoms with Gasteiger partial charge in [-0.15, -0.1) is 0 Å². The van der Waals surface area contributed by atoms with E-state index in [4.69, 9.17) is 4.74 Å². The third-order valence-corrected chi connectivity index (χ3v) is 3.27. The van der Waals surface area contributed by atoms with E-state index in [0.29, 0.717) is 0 Å². The second kappa shape index (κ2) is 8.47. The van der Waals surface area contributed by atoms with Gasteiger partial charge in [0, 0.05) is 0 Å². The molecule has 0 bridgehead atoms. The summed E-state index contributed by atoms with van der Waals surface area (Å²) in [6.45, 7) is -0.565. The standard InChI is InChI=1S/C18H17NO5/c1-23-18(22)19-15(20)12-24-17(21)16(13-8-4-2-5-9-13)14-10-6-3-7-11-14/h2-11,16H,12H2,1H3,(H,19,20,22). The molecule has 2 rings (SSSR count). The highest BCUT2D eigenvalue weighted by Gasteiger charge is 2.25. The van der Waals surface area contributed by atoms with Gasteiger partial charge < -0.3 is 9.47 Å². The topological polar surface area (TPSA) is 81.7 Å². The molecule has 2 aromatic carbocycles. The van der Waals surface area contributed by atoms with Crippen molar-refractivity contribution in [3.8, 4) is 0 Å². The highest BCUT2D eigenvalue weighted by molar-refractivity contribution is 5.93. The zero-order chi connectivity index (χ0) is 17.4. The van der Waals surface area contributed by atoms with Gasteiger partial charge >= 0.3 is 12.1 Å². The van der Waals surface area contributed by atoms with Gasteiger partial charge in [0.2, 0.25) is 0 Å². The zero-order valence-electron chi connectivity index (χ0n) is 13.1. The number of alkyl carbamates (subject to hydrolysis) is 1. The van der Waals surface area contributed by atoms with E-state index >= 15 is 0 Å². The number of ether oxygens (including phenoxy) is 2. The summed E-state index contributed by atoms with van der Waals surface area (Å²) >= 11 is 0. The number of carbonyl (C=O) groups is 3. The Bertz CT molecular complexity index is 660. The molecule has 0 aliphatic heterocycles. The van der Waals surface area contributed by atoms with Crippen LogP contribution in [0.5, 0.6) is 0 Å². The Morgan fingerprint density at radius 2 is 1.42 bits per heavy atom. The normalized spacial score (nSPS) is 10.1. The van der Waals surface area contributed by atoms with E-state index in [1.807, 2.05) is 66.0 Å². The van der Waals surface area contributed by atoms with Crippen molar-refractivity contribution in [3.63, 3.8) is 0 Å². The number of imide groups is 1. The molecule has 0 heterocycles. The number of methoxy groups -OCH3 is 1. The monoisotopic (exact) mass is 327 g/mol. The van der Waals surface area contributed by atoms with E-state index in [1.54, 1.807) is 0 Å². The molecule has 0 aromatic heterocycles. The van der Waals surface area contributed by atoms with E-state index in [2.05, 4.69) is 4.74 Å². The van der Waals surface area contributed by atoms with Gasteiger partial charge in [-0.1, -0.05) is 60.7 Å². The molecule has 0 aliphatic rings. The van der Waals surface area contributed by atoms with Gasteiger partial charge in [-0.2, -0.15) is 0 Å². The molecule has 0 unspecified atom stereocenters. The Morgan fingerprint density at radius 1 is 0.917 bits per heavy atom. The van der Waals surface area contributed by atoms with Crippen LogP contribution in [0.25, 0.3) is 0 Å². The Morgan fingerprint density at radius 3 is 1.88 bits per heavy atom. The van der Waals surface area contributed by atoms with E-state index in [-0.39, 0.29) is 0 Å². The molecule has 6 nitrogen and oxygen atoms in total. The van der Waals surface area contributed by atoms with Crippen LogP contribution in [0.3, 0.4) is 0 Å². The maximum atomic E-state index is 12.5. The first kappa shape index (κ1) is 17.2. The maximum absolute atomic E-state index is 12.5. The van der Waals surface area contributed by atoms with Gasteiger partial charge in [0.25, 0.3) is 5.91 Å². The van der Waals surface area contributed by atoms with Crippen LogP contribution in [0.1, 0.15) is 17.0 Å². The molecule has 24 heavy (non-hydrogen) atoms. The van der Waals surface area contributed by atoms with E-state index in [0.717, 1.165) is 18.2 Å². The lowest BCUT2D eigenvalue weighted by Crippen LogP contribution is -2.34. The Hall–Kier alpha value is -3.15. The molecule has 2 aromatic rings. The maximum Gasteiger partial charge on any atom is 0.413 e. The number of amides is 2. The first-order chi connectivity index (χ1) is 11.6. The van der Waals surface area contributed by atoms with Crippen LogP contribution in [0.2, 0.25) is 0 Å². The lowest BCUT2D eigenvalue weighted by Gasteiger charge is -2.16. The fourth-order valence-corrected chi connectivity index (χ4v) is 2.18. The van der Waals surface area contributed by atoms with Crippen molar-refractivity contribution in [2.75, 3.05) is 13.7 Å². The van der Waals surface area contributed by atoms with Gasteiger partial charge in [-0.25, -0.2) is 4.79 Å². The third-order valence-electron chi connectivity index (χ3n) is 3.27. The van der Waals surface area contributed by atoms with Crippen LogP contribution in [-0.2, 0) is 19.1 Å². The van der Waals surface area contributed by atoms with Gasteiger partial charge in [0.15, 0.2) is 6.61 Å². The summed E-state index contributed by atoms with van der Waals surface area (Å²) in [5.41, 5.74) is 1.50. The summed E-state index contributed by atoms with van der Waals surface area (Å²) in [4.78, 5) is 35.0. The van der Waals surface area contributed by atoms with Gasteiger partial charge in [0.05, 0.1) is 7.11 Å². The summed E-state index contributed by atoms with van der Waals surface area (Å²) in [5.74, 6) is -1.99. The predicted octanol–water partition coefficient (Wildman–Crippen LogP) is 2.24. The highest BCUT2D eigenvalue weighted by atomic mass is 16.5. The lowest BCUT2D eigenvalue weighted by molar-refractivity contribution is -0.149. The second-order valence-electron chi connectivity index (χ2n) is 4.90. The molecule has 1 N–H and O–H groups in total. The number of hydrogen-bond donors (Lipinski definition) is 1. The average Bonchev–Trinajstić information content (AvgIpc) is 2.62. The molecule has 6 heteroatoms. The van der Waals surface area contributed by atoms with Crippen molar-refractivity contribution in [3.05, 3.63) is 71.8 Å². The Labute approximate surface area is 139 Å². The van der Waals surface area contributed by atoms with Crippen LogP contribution in [-0.4, -0.2) is 31.7 Å². The molecule has 0 saturated carbocycles. The minimum absolute atomic E-state index is 0.565. The molecule has 0 atom stereocenters. The quantitative estimate of drug-likeness (QED) is 0.852. The first-order valence-electron chi connectivity index (χ1n) is 7.26. The van der Waals surface area contributed by atoms with E-state index in [1.165, 1.54) is 0 Å². The minimum Gasteiger partial charge on any atom is -0.455 e. The van der Waals surface area contributed by atoms with E-state index < -0.39 is 30.5 Å². The molecule has 0 fully saturated rings. The summed E-state index contributed by atoms with van der Waals surface area (Å²) in [6, 6.07) is 18.2. The smallest absolute Gasteiger partial charge is 0.413 e. The average molecular weight is 327 g/mol. The van der Waals surface area contributed by atoms with Crippen molar-refractivity contribution in [2.45, 2.75) is 5.92 Å². The van der Waals surface area contributed by atoms with Gasteiger partial charge in [-0.3, -0.25) is 14.9 Å². The largest absolute Gasteiger partial charge is 0.455 e. The molecule has 0 aliphatic carbocycles. The first-order valence-corrected chi connectivity index (χ1v) is 7.26. The summed E-state index contributed by atoms with van der Waals surface area (Å²) in [7, 11) is 1.13. The molecule has 2 amide bonds. The fraction of sp³-hybridized carbons (Fsp3) is 0.167. The van der Waals surface area contributed by atoms with Crippen LogP contribution < -0.4 is 5.32 Å². The van der Waals surface area contributed by atoms with E-state index in [9.17, 15) is 14.4 Å². The molecule has 0 radical (unpaired) electrons. The summed E-state index contributed by atoms with van der Waals surface area (Å²) in [5, 5.41) is 1.93. The van der Waals surface area contributed by atoms with Gasteiger partial charge in [-0.05, 0) is 11.1 Å². The minimum atomic E-state index is -0.904. The number of esters is 1. The third kappa shape index (κ3) is 4.67. The number of carbonyl (C=O) groups excluding carboxylic acids is 3. The number of hydrogen-bond acceptors (Lipinski definition) is 5. The molecular formula is C18H17NO5. The molecule has 0 saturated heterocycles. The predicted molar refractivity (Wildman–Crippen MR) is 86.2 cm³/mol. The van der Waals surface area contributed by atoms with Crippen LogP contribution in [0.4, 0.5) is 4.79 Å². The van der Waals surface area contributed by atoms with Crippen molar-refractivity contribution in [1.82, 2.24) is 5.32 Å². The zero-order valence-corrected chi connectivity index (χ0v) is 13.1. The SMILES string of the molecule is COC(=O)NC(=O)COC(=O)C(c1ccccc1)c1ccccc1. The van der Waals surface area contributed by atoms with Crippen LogP contribution in [0, 0.1) is 0 Å². The lowest BCUT2D eigenvalue weighted by atomic mass is 9.91. The van der Waals surface area contributed by atoms with Crippen molar-refractivity contribution in [1.29, 1.82) is 0 Å². The molecular weight excluding hydrogens is 310 g/mol. The van der Waals surface area contributed by atoms with Crippen molar-refractivity contribution < 1.29 is 23.9 Å². The molecule has 0 spiro atoms. The fourth-order valence-electron chi connectivity index (χ4n) is 2.18. The molecule has 124 valence electrons. The summed E-state index contributed by atoms with van der Waals surface area (Å²) in [6.07, 6.45) is -0.904. The van der Waals surface area contributed by atoms with Gasteiger partial charge in [0.1, 0.15) is 5.92 Å². The van der Waals surface area contributed by atoms with Crippen molar-refractivity contribution >= 4 is 18.0 Å². The summed E-state index contributed by atoms with van der Waals surface area (Å²) < 4.78 is 9.36. The number of benzene rings is 2. The second-order valence-corrected chi connectivity index (χ2v) is 4.90. The Kier molecular flexibility index (Phi) is 6.08. The van der Waals surface area contributed by atoms with Crippen LogP contribution in [0.15, 0.2) is 60.7 Å². The Balaban J connectivity index is 2.12. The van der Waals surface area contributed by atoms with Crippen molar-refractivity contribution in [2.24, 2.45) is 0 Å². The van der Waals surface area contributed by atoms with Crippen LogP contribution >= 0.6 is 0 Å². The highest BCUT2D eigenvalue weighted by Crippen LogP contribution is 2.25. The number of rotatable bonds is 5.